The van der Waals surface area contributed by atoms with Gasteiger partial charge >= 0.3 is 5.69 Å². The fraction of sp³-hybridized carbons (Fsp3) is 0.0370. The SMILES string of the molecule is COc1cc(N=Nc2cc(N=Nc3cccc(S(=O)(=O)O)c3)cc3ccc(S(=O)(=O)O)cc23)c2cc(S(=O)(=O)O)ccc2c1[N+]#N. The third-order valence-electron chi connectivity index (χ3n) is 6.49. The highest BCUT2D eigenvalue weighted by Crippen LogP contribution is 2.43. The highest BCUT2D eigenvalue weighted by Gasteiger charge is 2.25. The molecular weight excluding hydrogens is 665 g/mol. The number of azo groups is 2. The van der Waals surface area contributed by atoms with Gasteiger partial charge in [0.25, 0.3) is 30.4 Å². The number of diazo groups is 1. The van der Waals surface area contributed by atoms with E-state index < -0.39 is 45.0 Å². The molecule has 0 aliphatic carbocycles. The molecule has 0 heterocycles. The van der Waals surface area contributed by atoms with Crippen LogP contribution in [-0.2, 0) is 30.4 Å². The zero-order chi connectivity index (χ0) is 33.4. The van der Waals surface area contributed by atoms with Gasteiger partial charge in [-0.3, -0.25) is 13.7 Å². The van der Waals surface area contributed by atoms with E-state index in [0.29, 0.717) is 5.39 Å². The summed E-state index contributed by atoms with van der Waals surface area (Å²) in [5, 5.41) is 27.0. The predicted octanol–water partition coefficient (Wildman–Crippen LogP) is 7.06. The van der Waals surface area contributed by atoms with Gasteiger partial charge in [0.05, 0.1) is 49.9 Å². The van der Waals surface area contributed by atoms with Crippen molar-refractivity contribution in [3.8, 4) is 5.75 Å². The second-order valence-corrected chi connectivity index (χ2v) is 13.7. The van der Waals surface area contributed by atoms with Crippen LogP contribution in [0.15, 0.2) is 114 Å². The molecule has 0 aliphatic heterocycles. The smallest absolute Gasteiger partial charge is 0.434 e. The number of methoxy groups -OCH3 is 1. The molecule has 5 aromatic carbocycles. The van der Waals surface area contributed by atoms with E-state index in [-0.39, 0.29) is 50.3 Å². The van der Waals surface area contributed by atoms with Crippen LogP contribution in [0.3, 0.4) is 0 Å². The molecule has 0 atom stereocenters. The van der Waals surface area contributed by atoms with Crippen LogP contribution < -0.4 is 4.74 Å². The van der Waals surface area contributed by atoms with Crippen molar-refractivity contribution in [2.24, 2.45) is 20.5 Å². The topological polar surface area (TPSA) is 250 Å². The Balaban J connectivity index is 1.71. The van der Waals surface area contributed by atoms with Crippen molar-refractivity contribution in [1.29, 1.82) is 5.39 Å². The van der Waals surface area contributed by atoms with Gasteiger partial charge in [-0.2, -0.15) is 35.5 Å². The van der Waals surface area contributed by atoms with Crippen molar-refractivity contribution in [1.82, 2.24) is 0 Å². The normalized spacial score (nSPS) is 12.7. The summed E-state index contributed by atoms with van der Waals surface area (Å²) in [6.07, 6.45) is 0. The number of nitrogens with zero attached hydrogens (tertiary/aromatic N) is 6. The van der Waals surface area contributed by atoms with E-state index in [9.17, 15) is 44.3 Å². The van der Waals surface area contributed by atoms with Crippen LogP contribution in [0.25, 0.3) is 26.5 Å². The summed E-state index contributed by atoms with van der Waals surface area (Å²) in [6, 6.07) is 16.2. The van der Waals surface area contributed by atoms with E-state index in [1.165, 1.54) is 49.6 Å². The summed E-state index contributed by atoms with van der Waals surface area (Å²) in [6.45, 7) is 0. The maximum atomic E-state index is 11.9. The number of fused-ring (bicyclic) bond motifs is 2. The lowest BCUT2D eigenvalue weighted by atomic mass is 10.1. The molecule has 0 saturated heterocycles. The van der Waals surface area contributed by atoms with Gasteiger partial charge in [0, 0.05) is 16.8 Å². The maximum absolute atomic E-state index is 11.9. The minimum absolute atomic E-state index is 0.00221. The molecule has 0 spiro atoms. The fourth-order valence-electron chi connectivity index (χ4n) is 4.38. The van der Waals surface area contributed by atoms with Crippen LogP contribution in [0.2, 0.25) is 0 Å². The molecule has 0 aliphatic rings. The van der Waals surface area contributed by atoms with Crippen molar-refractivity contribution in [2.75, 3.05) is 7.11 Å². The van der Waals surface area contributed by atoms with E-state index in [1.54, 1.807) is 0 Å². The molecule has 0 amide bonds. The maximum Gasteiger partial charge on any atom is 0.434 e. The van der Waals surface area contributed by atoms with Gasteiger partial charge < -0.3 is 4.74 Å². The molecule has 0 aromatic heterocycles. The quantitative estimate of drug-likeness (QED) is 0.0848. The van der Waals surface area contributed by atoms with E-state index in [4.69, 9.17) is 4.74 Å². The third-order valence-corrected chi connectivity index (χ3v) is 9.04. The van der Waals surface area contributed by atoms with Gasteiger partial charge in [0.15, 0.2) is 4.98 Å². The van der Waals surface area contributed by atoms with Gasteiger partial charge in [-0.1, -0.05) is 12.1 Å². The first-order valence-corrected chi connectivity index (χ1v) is 16.8. The van der Waals surface area contributed by atoms with Gasteiger partial charge in [-0.25, -0.2) is 0 Å². The van der Waals surface area contributed by atoms with Crippen LogP contribution in [0.4, 0.5) is 28.4 Å². The lowest BCUT2D eigenvalue weighted by Crippen LogP contribution is -1.97. The Bertz CT molecular complexity index is 2510. The Kier molecular flexibility index (Phi) is 8.35. The summed E-state index contributed by atoms with van der Waals surface area (Å²) in [5.41, 5.74) is 0.129. The largest absolute Gasteiger partial charge is 0.489 e. The van der Waals surface area contributed by atoms with Gasteiger partial charge in [0.1, 0.15) is 0 Å². The van der Waals surface area contributed by atoms with E-state index in [2.05, 4.69) is 25.4 Å². The second kappa shape index (κ2) is 11.9. The number of benzene rings is 5. The van der Waals surface area contributed by atoms with E-state index >= 15 is 0 Å². The van der Waals surface area contributed by atoms with Crippen molar-refractivity contribution < 1.29 is 43.6 Å². The molecule has 0 fully saturated rings. The molecule has 0 bridgehead atoms. The third kappa shape index (κ3) is 6.71. The predicted molar refractivity (Wildman–Crippen MR) is 163 cm³/mol. The summed E-state index contributed by atoms with van der Waals surface area (Å²) in [7, 11) is -12.5. The van der Waals surface area contributed by atoms with Crippen LogP contribution >= 0.6 is 0 Å². The van der Waals surface area contributed by atoms with Crippen LogP contribution in [0, 0.1) is 5.39 Å². The number of ether oxygens (including phenoxy) is 1. The molecule has 3 N–H and O–H groups in total. The van der Waals surface area contributed by atoms with Gasteiger partial charge in [-0.05, 0) is 66.0 Å². The molecule has 234 valence electrons. The number of rotatable bonds is 8. The van der Waals surface area contributed by atoms with Crippen LogP contribution in [-0.4, -0.2) is 46.0 Å². The van der Waals surface area contributed by atoms with Gasteiger partial charge in [0.2, 0.25) is 11.1 Å². The monoisotopic (exact) mass is 683 g/mol. The highest BCUT2D eigenvalue weighted by molar-refractivity contribution is 7.86. The molecule has 16 nitrogen and oxygen atoms in total. The first-order chi connectivity index (χ1) is 21.6. The Morgan fingerprint density at radius 1 is 0.609 bits per heavy atom. The Morgan fingerprint density at radius 3 is 1.78 bits per heavy atom. The zero-order valence-electron chi connectivity index (χ0n) is 23.1. The Labute approximate surface area is 260 Å². The lowest BCUT2D eigenvalue weighted by Gasteiger charge is -2.07. The minimum Gasteiger partial charge on any atom is -0.489 e. The molecule has 0 saturated carbocycles. The number of hydrogen-bond acceptors (Lipinski definition) is 12. The standard InChI is InChI=1S/C27H18N6O10S3/c1-43-26-14-25(23-13-20(46(40,41)42)7-8-21(23)27(26)29-28)33-32-24-11-17(9-15-5-6-19(12-22(15)24)45(37,38)39)31-30-16-3-2-4-18(10-16)44(34,35)36/h2-14H,1H3,(H2-,34,35,36,37,38,39,40,41,42)/p+1. The first-order valence-electron chi connectivity index (χ1n) is 12.5. The van der Waals surface area contributed by atoms with Crippen LogP contribution in [0.1, 0.15) is 0 Å². The minimum atomic E-state index is -4.65. The molecule has 0 radical (unpaired) electrons. The van der Waals surface area contributed by atoms with Crippen LogP contribution in [0.5, 0.6) is 5.75 Å². The second-order valence-electron chi connectivity index (χ2n) is 9.42. The molecule has 5 rings (SSSR count). The van der Waals surface area contributed by atoms with Crippen molar-refractivity contribution in [2.45, 2.75) is 14.7 Å². The molecular formula is C27H19N6O10S3+. The summed E-state index contributed by atoms with van der Waals surface area (Å²) >= 11 is 0. The summed E-state index contributed by atoms with van der Waals surface area (Å²) < 4.78 is 104. The van der Waals surface area contributed by atoms with Gasteiger partial charge in [-0.15, -0.1) is 10.2 Å². The Morgan fingerprint density at radius 2 is 1.17 bits per heavy atom. The van der Waals surface area contributed by atoms with Crippen molar-refractivity contribution in [3.63, 3.8) is 0 Å². The van der Waals surface area contributed by atoms with E-state index in [0.717, 1.165) is 36.4 Å². The molecule has 0 unspecified atom stereocenters. The summed E-state index contributed by atoms with van der Waals surface area (Å²) in [4.78, 5) is 1.86. The fourth-order valence-corrected chi connectivity index (χ4v) is 5.91. The van der Waals surface area contributed by atoms with Crippen molar-refractivity contribution in [3.05, 3.63) is 83.8 Å². The summed E-state index contributed by atoms with van der Waals surface area (Å²) in [5.74, 6) is 0.0248. The first kappa shape index (κ1) is 32.2. The molecule has 19 heteroatoms. The zero-order valence-corrected chi connectivity index (χ0v) is 25.6. The molecule has 5 aromatic rings. The lowest BCUT2D eigenvalue weighted by molar-refractivity contribution is 0.418. The van der Waals surface area contributed by atoms with E-state index in [1.807, 2.05) is 0 Å². The average molecular weight is 684 g/mol. The average Bonchev–Trinajstić information content (AvgIpc) is 3.00. The number of hydrogen-bond donors (Lipinski definition) is 3. The van der Waals surface area contributed by atoms with Crippen molar-refractivity contribution >= 4 is 80.3 Å². The highest BCUT2D eigenvalue weighted by atomic mass is 32.2. The Hall–Kier alpha value is -5.23. The molecule has 46 heavy (non-hydrogen) atoms.